The van der Waals surface area contributed by atoms with Crippen molar-refractivity contribution in [1.82, 2.24) is 14.9 Å². The van der Waals surface area contributed by atoms with E-state index in [4.69, 9.17) is 0 Å². The summed E-state index contributed by atoms with van der Waals surface area (Å²) in [7, 11) is -3.03. The Morgan fingerprint density at radius 3 is 2.76 bits per heavy atom. The SMILES string of the molecule is CS(=O)(=O)CCN1CCCC(c2ncc(C(F)(F)F)[nH]2)C1. The van der Waals surface area contributed by atoms with Crippen molar-refractivity contribution in [2.75, 3.05) is 31.6 Å². The Hall–Kier alpha value is -1.09. The Kier molecular flexibility index (Phi) is 4.62. The van der Waals surface area contributed by atoms with Crippen LogP contribution < -0.4 is 0 Å². The summed E-state index contributed by atoms with van der Waals surface area (Å²) in [5.74, 6) is 0.270. The van der Waals surface area contributed by atoms with Gasteiger partial charge in [0.15, 0.2) is 0 Å². The van der Waals surface area contributed by atoms with Gasteiger partial charge in [0.05, 0.1) is 11.9 Å². The maximum atomic E-state index is 12.5. The van der Waals surface area contributed by atoms with E-state index in [1.807, 2.05) is 4.90 Å². The summed E-state index contributed by atoms with van der Waals surface area (Å²) in [6.07, 6.45) is -0.867. The van der Waals surface area contributed by atoms with Gasteiger partial charge in [0.2, 0.25) is 0 Å². The van der Waals surface area contributed by atoms with Crippen LogP contribution in [0.3, 0.4) is 0 Å². The number of likely N-dealkylation sites (tertiary alicyclic amines) is 1. The fraction of sp³-hybridized carbons (Fsp3) is 0.750. The van der Waals surface area contributed by atoms with Gasteiger partial charge in [-0.05, 0) is 19.4 Å². The van der Waals surface area contributed by atoms with Crippen LogP contribution in [0.4, 0.5) is 13.2 Å². The molecular weight excluding hydrogens is 307 g/mol. The van der Waals surface area contributed by atoms with Crippen LogP contribution in [0, 0.1) is 0 Å². The lowest BCUT2D eigenvalue weighted by molar-refractivity contribution is -0.141. The topological polar surface area (TPSA) is 66.1 Å². The van der Waals surface area contributed by atoms with E-state index in [0.29, 0.717) is 18.9 Å². The van der Waals surface area contributed by atoms with Crippen LogP contribution in [0.1, 0.15) is 30.3 Å². The van der Waals surface area contributed by atoms with Crippen LogP contribution in [-0.4, -0.2) is 54.9 Å². The average molecular weight is 325 g/mol. The number of H-pyrrole nitrogens is 1. The van der Waals surface area contributed by atoms with Gasteiger partial charge in [0.25, 0.3) is 0 Å². The van der Waals surface area contributed by atoms with Crippen molar-refractivity contribution in [2.45, 2.75) is 24.9 Å². The number of aromatic amines is 1. The first kappa shape index (κ1) is 16.3. The van der Waals surface area contributed by atoms with Crippen molar-refractivity contribution < 1.29 is 21.6 Å². The number of rotatable bonds is 4. The molecule has 1 aromatic heterocycles. The predicted octanol–water partition coefficient (Wildman–Crippen LogP) is 1.65. The van der Waals surface area contributed by atoms with Gasteiger partial charge in [-0.2, -0.15) is 13.2 Å². The Bertz CT molecular complexity index is 583. The van der Waals surface area contributed by atoms with Crippen molar-refractivity contribution in [3.63, 3.8) is 0 Å². The Labute approximate surface area is 121 Å². The summed E-state index contributed by atoms with van der Waals surface area (Å²) in [6.45, 7) is 1.70. The molecule has 21 heavy (non-hydrogen) atoms. The standard InChI is InChI=1S/C12H18F3N3O2S/c1-21(19,20)6-5-18-4-2-3-9(8-18)11-16-7-10(17-11)12(13,14)15/h7,9H,2-6,8H2,1H3,(H,16,17). The van der Waals surface area contributed by atoms with Crippen LogP contribution in [0.5, 0.6) is 0 Å². The fourth-order valence-corrected chi connectivity index (χ4v) is 3.05. The summed E-state index contributed by atoms with van der Waals surface area (Å²) in [6, 6.07) is 0. The monoisotopic (exact) mass is 325 g/mol. The number of hydrogen-bond acceptors (Lipinski definition) is 4. The van der Waals surface area contributed by atoms with Gasteiger partial charge < -0.3 is 9.88 Å². The number of alkyl halides is 3. The largest absolute Gasteiger partial charge is 0.432 e. The van der Waals surface area contributed by atoms with E-state index in [9.17, 15) is 21.6 Å². The minimum absolute atomic E-state index is 0.0612. The molecule has 2 heterocycles. The highest BCUT2D eigenvalue weighted by Gasteiger charge is 2.34. The molecule has 9 heteroatoms. The maximum Gasteiger partial charge on any atom is 0.432 e. The first-order chi connectivity index (χ1) is 9.65. The molecule has 0 amide bonds. The van der Waals surface area contributed by atoms with E-state index >= 15 is 0 Å². The summed E-state index contributed by atoms with van der Waals surface area (Å²) in [5.41, 5.74) is -0.842. The summed E-state index contributed by atoms with van der Waals surface area (Å²) < 4.78 is 60.0. The van der Waals surface area contributed by atoms with Crippen molar-refractivity contribution in [3.05, 3.63) is 17.7 Å². The van der Waals surface area contributed by atoms with Gasteiger partial charge in [-0.25, -0.2) is 13.4 Å². The number of piperidine rings is 1. The smallest absolute Gasteiger partial charge is 0.338 e. The van der Waals surface area contributed by atoms with Gasteiger partial charge in [-0.3, -0.25) is 0 Å². The van der Waals surface area contributed by atoms with E-state index in [2.05, 4.69) is 9.97 Å². The minimum Gasteiger partial charge on any atom is -0.338 e. The van der Waals surface area contributed by atoms with Gasteiger partial charge in [0.1, 0.15) is 21.4 Å². The number of aromatic nitrogens is 2. The van der Waals surface area contributed by atoms with Crippen molar-refractivity contribution >= 4 is 9.84 Å². The molecule has 1 N–H and O–H groups in total. The second-order valence-electron chi connectivity index (χ2n) is 5.45. The van der Waals surface area contributed by atoms with Crippen LogP contribution in [0.15, 0.2) is 6.20 Å². The molecule has 5 nitrogen and oxygen atoms in total. The lowest BCUT2D eigenvalue weighted by Crippen LogP contribution is -2.37. The second-order valence-corrected chi connectivity index (χ2v) is 7.71. The number of hydrogen-bond donors (Lipinski definition) is 1. The second kappa shape index (κ2) is 5.96. The zero-order valence-corrected chi connectivity index (χ0v) is 12.5. The third kappa shape index (κ3) is 4.70. The Balaban J connectivity index is 1.99. The highest BCUT2D eigenvalue weighted by atomic mass is 32.2. The Morgan fingerprint density at radius 2 is 2.19 bits per heavy atom. The number of imidazole rings is 1. The molecule has 0 aliphatic carbocycles. The molecule has 120 valence electrons. The maximum absolute atomic E-state index is 12.5. The molecule has 0 saturated carbocycles. The zero-order valence-electron chi connectivity index (χ0n) is 11.7. The molecule has 1 aromatic rings. The number of nitrogens with zero attached hydrogens (tertiary/aromatic N) is 2. The van der Waals surface area contributed by atoms with Crippen LogP contribution in [-0.2, 0) is 16.0 Å². The van der Waals surface area contributed by atoms with Gasteiger partial charge >= 0.3 is 6.18 Å². The molecule has 1 aliphatic rings. The van der Waals surface area contributed by atoms with Crippen LogP contribution >= 0.6 is 0 Å². The van der Waals surface area contributed by atoms with Crippen molar-refractivity contribution in [2.24, 2.45) is 0 Å². The minimum atomic E-state index is -4.42. The molecule has 1 saturated heterocycles. The van der Waals surface area contributed by atoms with E-state index in [0.717, 1.165) is 25.6 Å². The van der Waals surface area contributed by atoms with Gasteiger partial charge in [-0.1, -0.05) is 0 Å². The summed E-state index contributed by atoms with van der Waals surface area (Å²) in [4.78, 5) is 8.13. The molecule has 1 atom stereocenters. The number of halogens is 3. The zero-order chi connectivity index (χ0) is 15.7. The first-order valence-corrected chi connectivity index (χ1v) is 8.73. The lowest BCUT2D eigenvalue weighted by Gasteiger charge is -2.31. The lowest BCUT2D eigenvalue weighted by atomic mass is 9.97. The predicted molar refractivity (Wildman–Crippen MR) is 71.7 cm³/mol. The third-order valence-corrected chi connectivity index (χ3v) is 4.50. The Morgan fingerprint density at radius 1 is 1.48 bits per heavy atom. The van der Waals surface area contributed by atoms with Crippen LogP contribution in [0.25, 0.3) is 0 Å². The van der Waals surface area contributed by atoms with E-state index in [-0.39, 0.29) is 11.7 Å². The molecule has 0 bridgehead atoms. The molecule has 0 aromatic carbocycles. The highest BCUT2D eigenvalue weighted by molar-refractivity contribution is 7.90. The van der Waals surface area contributed by atoms with Gasteiger partial charge in [-0.15, -0.1) is 0 Å². The average Bonchev–Trinajstić information content (AvgIpc) is 2.85. The first-order valence-electron chi connectivity index (χ1n) is 6.67. The molecule has 1 fully saturated rings. The molecular formula is C12H18F3N3O2S. The molecule has 1 unspecified atom stereocenters. The molecule has 0 radical (unpaired) electrons. The molecule has 1 aliphatic heterocycles. The summed E-state index contributed by atoms with van der Waals surface area (Å²) >= 11 is 0. The van der Waals surface area contributed by atoms with Crippen LogP contribution in [0.2, 0.25) is 0 Å². The fourth-order valence-electron chi connectivity index (χ4n) is 2.46. The number of sulfone groups is 1. The van der Waals surface area contributed by atoms with Crippen molar-refractivity contribution in [1.29, 1.82) is 0 Å². The van der Waals surface area contributed by atoms with Gasteiger partial charge in [0, 0.05) is 25.3 Å². The van der Waals surface area contributed by atoms with E-state index in [1.54, 1.807) is 0 Å². The summed E-state index contributed by atoms with van der Waals surface area (Å²) in [5, 5.41) is 0. The van der Waals surface area contributed by atoms with E-state index < -0.39 is 21.7 Å². The van der Waals surface area contributed by atoms with Crippen molar-refractivity contribution in [3.8, 4) is 0 Å². The normalized spacial score (nSPS) is 21.6. The molecule has 2 rings (SSSR count). The quantitative estimate of drug-likeness (QED) is 0.914. The third-order valence-electron chi connectivity index (χ3n) is 3.57. The molecule has 0 spiro atoms. The highest BCUT2D eigenvalue weighted by Crippen LogP contribution is 2.30. The number of nitrogens with one attached hydrogen (secondary N) is 1. The van der Waals surface area contributed by atoms with E-state index in [1.165, 1.54) is 6.26 Å².